The number of ether oxygens (including phenoxy) is 1. The van der Waals surface area contributed by atoms with E-state index < -0.39 is 18.8 Å². The molecule has 0 saturated heterocycles. The van der Waals surface area contributed by atoms with Crippen molar-refractivity contribution in [2.24, 2.45) is 5.92 Å². The molecular weight excluding hydrogens is 409 g/mol. The van der Waals surface area contributed by atoms with Gasteiger partial charge in [0.05, 0.1) is 0 Å². The van der Waals surface area contributed by atoms with Gasteiger partial charge in [0.15, 0.2) is 6.61 Å². The number of amides is 2. The van der Waals surface area contributed by atoms with E-state index in [0.29, 0.717) is 17.5 Å². The molecule has 0 aliphatic heterocycles. The van der Waals surface area contributed by atoms with Gasteiger partial charge in [0, 0.05) is 12.1 Å². The number of carbonyl (C=O) groups excluding carboxylic acids is 2. The maximum Gasteiger partial charge on any atom is 0.422 e. The third-order valence-corrected chi connectivity index (χ3v) is 4.51. The van der Waals surface area contributed by atoms with Gasteiger partial charge in [-0.15, -0.1) is 0 Å². The third-order valence-electron chi connectivity index (χ3n) is 4.51. The highest BCUT2D eigenvalue weighted by Gasteiger charge is 2.28. The summed E-state index contributed by atoms with van der Waals surface area (Å²) >= 11 is 0. The summed E-state index contributed by atoms with van der Waals surface area (Å²) in [5.74, 6) is -0.369. The molecule has 2 amide bonds. The maximum absolute atomic E-state index is 12.7. The van der Waals surface area contributed by atoms with Crippen molar-refractivity contribution in [3.63, 3.8) is 0 Å². The van der Waals surface area contributed by atoms with E-state index in [1.54, 1.807) is 24.3 Å². The molecule has 0 aliphatic carbocycles. The first-order chi connectivity index (χ1) is 14.5. The maximum atomic E-state index is 12.7. The first-order valence-electron chi connectivity index (χ1n) is 9.98. The molecule has 2 aromatic rings. The van der Waals surface area contributed by atoms with Crippen molar-refractivity contribution < 1.29 is 27.5 Å². The molecule has 2 rings (SSSR count). The number of aryl methyl sites for hydroxylation is 1. The summed E-state index contributed by atoms with van der Waals surface area (Å²) in [6.07, 6.45) is -3.94. The molecule has 0 fully saturated rings. The zero-order valence-electron chi connectivity index (χ0n) is 17.8. The van der Waals surface area contributed by atoms with Crippen molar-refractivity contribution in [1.29, 1.82) is 0 Å². The number of hydrogen-bond acceptors (Lipinski definition) is 3. The van der Waals surface area contributed by atoms with Crippen LogP contribution in [0.15, 0.2) is 48.5 Å². The number of hydrogen-bond donors (Lipinski definition) is 2. The Kier molecular flexibility index (Phi) is 8.47. The topological polar surface area (TPSA) is 67.4 Å². The Morgan fingerprint density at radius 1 is 1.03 bits per heavy atom. The van der Waals surface area contributed by atoms with Crippen LogP contribution in [0.5, 0.6) is 5.75 Å². The third kappa shape index (κ3) is 8.32. The second-order valence-electron chi connectivity index (χ2n) is 7.74. The van der Waals surface area contributed by atoms with Gasteiger partial charge in [-0.05, 0) is 48.6 Å². The lowest BCUT2D eigenvalue weighted by molar-refractivity contribution is -0.153. The Morgan fingerprint density at radius 3 is 2.26 bits per heavy atom. The monoisotopic (exact) mass is 436 g/mol. The molecule has 5 nitrogen and oxygen atoms in total. The largest absolute Gasteiger partial charge is 0.484 e. The van der Waals surface area contributed by atoms with Gasteiger partial charge in [-0.2, -0.15) is 13.2 Å². The van der Waals surface area contributed by atoms with Gasteiger partial charge in [-0.3, -0.25) is 9.59 Å². The minimum absolute atomic E-state index is 0.0931. The molecule has 2 aromatic carbocycles. The average molecular weight is 436 g/mol. The van der Waals surface area contributed by atoms with Gasteiger partial charge in [0.1, 0.15) is 11.8 Å². The predicted octanol–water partition coefficient (Wildman–Crippen LogP) is 4.40. The molecule has 1 unspecified atom stereocenters. The van der Waals surface area contributed by atoms with Gasteiger partial charge in [0.2, 0.25) is 5.91 Å². The second-order valence-corrected chi connectivity index (χ2v) is 7.74. The summed E-state index contributed by atoms with van der Waals surface area (Å²) in [6, 6.07) is 12.4. The number of alkyl halides is 3. The van der Waals surface area contributed by atoms with Crippen LogP contribution in [-0.4, -0.2) is 30.6 Å². The van der Waals surface area contributed by atoms with Crippen LogP contribution in [0.25, 0.3) is 0 Å². The standard InChI is InChI=1S/C23H27F3N2O3/c1-15(2)12-20(28-21(29)19-7-5-4-6-16(19)3)22(30)27-13-17-8-10-18(11-9-17)31-14-23(24,25)26/h4-11,15,20H,12-14H2,1-3H3,(H,27,30)(H,28,29). The van der Waals surface area contributed by atoms with E-state index in [2.05, 4.69) is 15.4 Å². The quantitative estimate of drug-likeness (QED) is 0.613. The van der Waals surface area contributed by atoms with Crippen molar-refractivity contribution in [2.75, 3.05) is 6.61 Å². The Bertz CT molecular complexity index is 880. The van der Waals surface area contributed by atoms with Gasteiger partial charge in [-0.25, -0.2) is 0 Å². The van der Waals surface area contributed by atoms with E-state index in [0.717, 1.165) is 5.56 Å². The smallest absolute Gasteiger partial charge is 0.422 e. The van der Waals surface area contributed by atoms with Crippen molar-refractivity contribution >= 4 is 11.8 Å². The average Bonchev–Trinajstić information content (AvgIpc) is 2.70. The molecule has 0 bridgehead atoms. The fourth-order valence-corrected chi connectivity index (χ4v) is 2.95. The first kappa shape index (κ1) is 24.2. The molecule has 31 heavy (non-hydrogen) atoms. The van der Waals surface area contributed by atoms with Gasteiger partial charge in [-0.1, -0.05) is 44.2 Å². The SMILES string of the molecule is Cc1ccccc1C(=O)NC(CC(C)C)C(=O)NCc1ccc(OCC(F)(F)F)cc1. The number of halogens is 3. The van der Waals surface area contributed by atoms with Crippen LogP contribution in [-0.2, 0) is 11.3 Å². The predicted molar refractivity (Wildman–Crippen MR) is 112 cm³/mol. The fraction of sp³-hybridized carbons (Fsp3) is 0.391. The van der Waals surface area contributed by atoms with E-state index >= 15 is 0 Å². The summed E-state index contributed by atoms with van der Waals surface area (Å²) in [6.45, 7) is 4.56. The Balaban J connectivity index is 1.96. The van der Waals surface area contributed by atoms with Crippen LogP contribution in [0.3, 0.4) is 0 Å². The lowest BCUT2D eigenvalue weighted by Gasteiger charge is -2.21. The number of nitrogens with one attached hydrogen (secondary N) is 2. The normalized spacial score (nSPS) is 12.4. The lowest BCUT2D eigenvalue weighted by atomic mass is 10.0. The number of carbonyl (C=O) groups is 2. The molecule has 168 valence electrons. The minimum Gasteiger partial charge on any atom is -0.484 e. The van der Waals surface area contributed by atoms with Crippen LogP contribution in [0.4, 0.5) is 13.2 Å². The van der Waals surface area contributed by atoms with Crippen molar-refractivity contribution in [3.05, 3.63) is 65.2 Å². The second kappa shape index (κ2) is 10.8. The molecule has 0 heterocycles. The minimum atomic E-state index is -4.40. The van der Waals surface area contributed by atoms with E-state index in [1.807, 2.05) is 32.9 Å². The number of benzene rings is 2. The van der Waals surface area contributed by atoms with Crippen molar-refractivity contribution in [1.82, 2.24) is 10.6 Å². The number of rotatable bonds is 9. The summed E-state index contributed by atoms with van der Waals surface area (Å²) in [5, 5.41) is 5.58. The van der Waals surface area contributed by atoms with Crippen LogP contribution < -0.4 is 15.4 Å². The highest BCUT2D eigenvalue weighted by molar-refractivity contribution is 5.98. The van der Waals surface area contributed by atoms with Gasteiger partial charge >= 0.3 is 6.18 Å². The molecule has 0 radical (unpaired) electrons. The Morgan fingerprint density at radius 2 is 1.68 bits per heavy atom. The van der Waals surface area contributed by atoms with Crippen molar-refractivity contribution in [2.45, 2.75) is 46.0 Å². The van der Waals surface area contributed by atoms with E-state index in [9.17, 15) is 22.8 Å². The van der Waals surface area contributed by atoms with Crippen LogP contribution in [0, 0.1) is 12.8 Å². The van der Waals surface area contributed by atoms with E-state index in [4.69, 9.17) is 0 Å². The van der Waals surface area contributed by atoms with Gasteiger partial charge in [0.25, 0.3) is 5.91 Å². The van der Waals surface area contributed by atoms with Crippen molar-refractivity contribution in [3.8, 4) is 5.75 Å². The van der Waals surface area contributed by atoms with E-state index in [1.165, 1.54) is 12.1 Å². The Labute approximate surface area is 180 Å². The fourth-order valence-electron chi connectivity index (χ4n) is 2.95. The molecule has 1 atom stereocenters. The zero-order valence-corrected chi connectivity index (χ0v) is 17.8. The highest BCUT2D eigenvalue weighted by Crippen LogP contribution is 2.19. The summed E-state index contributed by atoms with van der Waals surface area (Å²) < 4.78 is 41.3. The zero-order chi connectivity index (χ0) is 23.0. The molecular formula is C23H27F3N2O3. The van der Waals surface area contributed by atoms with Crippen LogP contribution in [0.2, 0.25) is 0 Å². The molecule has 0 saturated carbocycles. The molecule has 0 spiro atoms. The highest BCUT2D eigenvalue weighted by atomic mass is 19.4. The summed E-state index contributed by atoms with van der Waals surface area (Å²) in [7, 11) is 0. The molecule has 8 heteroatoms. The summed E-state index contributed by atoms with van der Waals surface area (Å²) in [5.41, 5.74) is 2.02. The molecule has 0 aliphatic rings. The molecule has 2 N–H and O–H groups in total. The Hall–Kier alpha value is -3.03. The lowest BCUT2D eigenvalue weighted by Crippen LogP contribution is -2.47. The van der Waals surface area contributed by atoms with Crippen LogP contribution >= 0.6 is 0 Å². The first-order valence-corrected chi connectivity index (χ1v) is 9.98. The van der Waals surface area contributed by atoms with Crippen LogP contribution in [0.1, 0.15) is 41.8 Å². The molecule has 0 aromatic heterocycles. The van der Waals surface area contributed by atoms with E-state index in [-0.39, 0.29) is 30.0 Å². The summed E-state index contributed by atoms with van der Waals surface area (Å²) in [4.78, 5) is 25.3. The van der Waals surface area contributed by atoms with Gasteiger partial charge < -0.3 is 15.4 Å².